The van der Waals surface area contributed by atoms with Gasteiger partial charge in [-0.1, -0.05) is 44.2 Å². The first-order chi connectivity index (χ1) is 18.0. The molecule has 2 aromatic rings. The normalized spacial score (nSPS) is 14.1. The average molecular weight is 530 g/mol. The van der Waals surface area contributed by atoms with E-state index in [-0.39, 0.29) is 25.2 Å². The van der Waals surface area contributed by atoms with Gasteiger partial charge in [0.15, 0.2) is 0 Å². The Kier molecular flexibility index (Phi) is 11.4. The van der Waals surface area contributed by atoms with E-state index in [2.05, 4.69) is 25.9 Å². The van der Waals surface area contributed by atoms with E-state index < -0.39 is 60.2 Å². The molecular weight excluding hydrogens is 494 g/mol. The largest absolute Gasteiger partial charge is 0.480 e. The molecule has 4 unspecified atom stereocenters. The van der Waals surface area contributed by atoms with Crippen LogP contribution >= 0.6 is 0 Å². The number of aromatic amines is 1. The van der Waals surface area contributed by atoms with Gasteiger partial charge in [-0.3, -0.25) is 19.2 Å². The number of nitrogens with two attached hydrogens (primary N) is 2. The lowest BCUT2D eigenvalue weighted by molar-refractivity contribution is -0.142. The number of aromatic nitrogens is 2. The van der Waals surface area contributed by atoms with Crippen molar-refractivity contribution in [3.63, 3.8) is 0 Å². The monoisotopic (exact) mass is 529 g/mol. The lowest BCUT2D eigenvalue weighted by atomic mass is 10.0. The number of carbonyl (C=O) groups is 5. The van der Waals surface area contributed by atoms with Crippen LogP contribution in [0.15, 0.2) is 42.9 Å². The third kappa shape index (κ3) is 10.0. The third-order valence-corrected chi connectivity index (χ3v) is 5.61. The number of aliphatic carboxylic acids is 1. The zero-order valence-electron chi connectivity index (χ0n) is 21.3. The average Bonchev–Trinajstić information content (AvgIpc) is 3.35. The summed E-state index contributed by atoms with van der Waals surface area (Å²) in [5.74, 6) is -4.16. The first-order valence-corrected chi connectivity index (χ1v) is 12.1. The highest BCUT2D eigenvalue weighted by Gasteiger charge is 2.31. The van der Waals surface area contributed by atoms with E-state index in [1.165, 1.54) is 12.5 Å². The molecular formula is C25H35N7O6. The van der Waals surface area contributed by atoms with Crippen molar-refractivity contribution < 1.29 is 29.1 Å². The maximum atomic E-state index is 13.4. The summed E-state index contributed by atoms with van der Waals surface area (Å²) in [6, 6.07) is 4.09. The van der Waals surface area contributed by atoms with Gasteiger partial charge >= 0.3 is 5.97 Å². The Balaban J connectivity index is 2.27. The van der Waals surface area contributed by atoms with Crippen LogP contribution in [0.5, 0.6) is 0 Å². The number of carbonyl (C=O) groups excluding carboxylic acids is 4. The Morgan fingerprint density at radius 2 is 1.50 bits per heavy atom. The molecule has 1 heterocycles. The molecule has 9 N–H and O–H groups in total. The van der Waals surface area contributed by atoms with Crippen LogP contribution in [0.1, 0.15) is 37.9 Å². The second-order valence-corrected chi connectivity index (χ2v) is 9.40. The SMILES string of the molecule is CC(C)CC(NC(=O)C(Cc1ccccc1)NC(=O)C(Cc1cnc[nH]1)NC(=O)C(N)CC(N)=O)C(=O)O. The third-order valence-electron chi connectivity index (χ3n) is 5.61. The summed E-state index contributed by atoms with van der Waals surface area (Å²) < 4.78 is 0. The van der Waals surface area contributed by atoms with Crippen molar-refractivity contribution in [3.8, 4) is 0 Å². The van der Waals surface area contributed by atoms with Crippen molar-refractivity contribution in [3.05, 3.63) is 54.1 Å². The number of carboxylic acids is 1. The molecule has 0 bridgehead atoms. The number of amides is 4. The fourth-order valence-corrected chi connectivity index (χ4v) is 3.71. The number of benzene rings is 1. The van der Waals surface area contributed by atoms with Gasteiger partial charge in [0.25, 0.3) is 0 Å². The molecule has 4 amide bonds. The Labute approximate surface area is 220 Å². The number of imidazole rings is 1. The molecule has 0 radical (unpaired) electrons. The molecule has 1 aromatic carbocycles. The van der Waals surface area contributed by atoms with Crippen LogP contribution in [0.3, 0.4) is 0 Å². The highest BCUT2D eigenvalue weighted by Crippen LogP contribution is 2.09. The minimum atomic E-state index is -1.28. The maximum absolute atomic E-state index is 13.4. The van der Waals surface area contributed by atoms with E-state index in [4.69, 9.17) is 11.5 Å². The van der Waals surface area contributed by atoms with E-state index in [9.17, 15) is 29.1 Å². The van der Waals surface area contributed by atoms with Crippen LogP contribution in [0.2, 0.25) is 0 Å². The zero-order valence-corrected chi connectivity index (χ0v) is 21.3. The highest BCUT2D eigenvalue weighted by molar-refractivity contribution is 5.95. The van der Waals surface area contributed by atoms with Gasteiger partial charge < -0.3 is 37.5 Å². The zero-order chi connectivity index (χ0) is 28.2. The molecule has 0 fully saturated rings. The summed E-state index contributed by atoms with van der Waals surface area (Å²) in [4.78, 5) is 68.8. The van der Waals surface area contributed by atoms with Crippen molar-refractivity contribution in [1.82, 2.24) is 25.9 Å². The van der Waals surface area contributed by atoms with Crippen molar-refractivity contribution in [2.45, 2.75) is 63.7 Å². The smallest absolute Gasteiger partial charge is 0.326 e. The first kappa shape index (κ1) is 30.0. The van der Waals surface area contributed by atoms with Crippen LogP contribution in [-0.2, 0) is 36.8 Å². The van der Waals surface area contributed by atoms with Gasteiger partial charge in [-0.2, -0.15) is 0 Å². The Morgan fingerprint density at radius 1 is 0.921 bits per heavy atom. The lowest BCUT2D eigenvalue weighted by Gasteiger charge is -2.25. The van der Waals surface area contributed by atoms with Gasteiger partial charge in [0.2, 0.25) is 23.6 Å². The molecule has 38 heavy (non-hydrogen) atoms. The number of hydrogen-bond donors (Lipinski definition) is 7. The predicted octanol–water partition coefficient (Wildman–Crippen LogP) is -1.02. The molecule has 0 spiro atoms. The lowest BCUT2D eigenvalue weighted by Crippen LogP contribution is -2.58. The molecule has 2 rings (SSSR count). The van der Waals surface area contributed by atoms with Crippen LogP contribution < -0.4 is 27.4 Å². The number of nitrogens with one attached hydrogen (secondary N) is 4. The fraction of sp³-hybridized carbons (Fsp3) is 0.440. The number of rotatable bonds is 15. The highest BCUT2D eigenvalue weighted by atomic mass is 16.4. The predicted molar refractivity (Wildman–Crippen MR) is 137 cm³/mol. The molecule has 0 aliphatic heterocycles. The summed E-state index contributed by atoms with van der Waals surface area (Å²) >= 11 is 0. The maximum Gasteiger partial charge on any atom is 0.326 e. The summed E-state index contributed by atoms with van der Waals surface area (Å²) in [5, 5.41) is 17.2. The van der Waals surface area contributed by atoms with Gasteiger partial charge in [0.1, 0.15) is 18.1 Å². The van der Waals surface area contributed by atoms with Gasteiger partial charge in [-0.25, -0.2) is 9.78 Å². The van der Waals surface area contributed by atoms with Crippen molar-refractivity contribution in [2.75, 3.05) is 0 Å². The standard InChI is InChI=1S/C25H35N7O6/c1-14(2)8-20(25(37)38)32-23(35)18(9-15-6-4-3-5-7-15)31-24(36)19(10-16-12-28-13-29-16)30-22(34)17(26)11-21(27)33/h3-7,12-14,17-20H,8-11,26H2,1-2H3,(H2,27,33)(H,28,29)(H,30,34)(H,31,36)(H,32,35)(H,37,38). The minimum absolute atomic E-state index is 0.00262. The van der Waals surface area contributed by atoms with Crippen LogP contribution in [-0.4, -0.2) is 68.8 Å². The number of carboxylic acid groups (broad SMARTS) is 1. The fourth-order valence-electron chi connectivity index (χ4n) is 3.71. The molecule has 1 aromatic heterocycles. The number of primary amides is 1. The van der Waals surface area contributed by atoms with Crippen molar-refractivity contribution >= 4 is 29.6 Å². The van der Waals surface area contributed by atoms with E-state index in [0.717, 1.165) is 5.56 Å². The second kappa shape index (κ2) is 14.5. The number of nitrogens with zero attached hydrogens (tertiary/aromatic N) is 1. The van der Waals surface area contributed by atoms with Crippen LogP contribution in [0, 0.1) is 5.92 Å². The van der Waals surface area contributed by atoms with Crippen LogP contribution in [0.25, 0.3) is 0 Å². The molecule has 4 atom stereocenters. The van der Waals surface area contributed by atoms with Gasteiger partial charge in [-0.05, 0) is 17.9 Å². The molecule has 0 saturated heterocycles. The number of hydrogen-bond acceptors (Lipinski definition) is 7. The quantitative estimate of drug-likeness (QED) is 0.151. The molecule has 0 aliphatic carbocycles. The Bertz CT molecular complexity index is 1090. The topological polar surface area (TPSA) is 222 Å². The summed E-state index contributed by atoms with van der Waals surface area (Å²) in [7, 11) is 0. The number of H-pyrrole nitrogens is 1. The Morgan fingerprint density at radius 3 is 2.03 bits per heavy atom. The van der Waals surface area contributed by atoms with Gasteiger partial charge in [0.05, 0.1) is 18.8 Å². The van der Waals surface area contributed by atoms with Gasteiger partial charge in [0, 0.05) is 24.7 Å². The Hall–Kier alpha value is -4.26. The molecule has 13 nitrogen and oxygen atoms in total. The first-order valence-electron chi connectivity index (χ1n) is 12.1. The van der Waals surface area contributed by atoms with Crippen LogP contribution in [0.4, 0.5) is 0 Å². The van der Waals surface area contributed by atoms with E-state index in [1.54, 1.807) is 30.3 Å². The summed E-state index contributed by atoms with van der Waals surface area (Å²) in [6.45, 7) is 3.66. The second-order valence-electron chi connectivity index (χ2n) is 9.40. The van der Waals surface area contributed by atoms with Gasteiger partial charge in [-0.15, -0.1) is 0 Å². The molecule has 206 valence electrons. The van der Waals surface area contributed by atoms with E-state index in [0.29, 0.717) is 5.69 Å². The van der Waals surface area contributed by atoms with E-state index >= 15 is 0 Å². The molecule has 13 heteroatoms. The molecule has 0 aliphatic rings. The minimum Gasteiger partial charge on any atom is -0.480 e. The van der Waals surface area contributed by atoms with E-state index in [1.807, 2.05) is 13.8 Å². The summed E-state index contributed by atoms with van der Waals surface area (Å²) in [6.07, 6.45) is 2.69. The van der Waals surface area contributed by atoms with Crippen molar-refractivity contribution in [1.29, 1.82) is 0 Å². The molecule has 0 saturated carbocycles. The van der Waals surface area contributed by atoms with Crippen molar-refractivity contribution in [2.24, 2.45) is 17.4 Å². The summed E-state index contributed by atoms with van der Waals surface area (Å²) in [5.41, 5.74) is 12.1.